The van der Waals surface area contributed by atoms with Crippen LogP contribution in [0.5, 0.6) is 0 Å². The highest BCUT2D eigenvalue weighted by Crippen LogP contribution is 2.27. The van der Waals surface area contributed by atoms with E-state index in [1.54, 1.807) is 29.8 Å². The number of nitrogens with one attached hydrogen (secondary N) is 1. The van der Waals surface area contributed by atoms with E-state index < -0.39 is 12.1 Å². The Labute approximate surface area is 190 Å². The summed E-state index contributed by atoms with van der Waals surface area (Å²) in [6.45, 7) is 4.22. The Hall–Kier alpha value is -3.48. The van der Waals surface area contributed by atoms with E-state index in [1.807, 2.05) is 17.6 Å². The minimum absolute atomic E-state index is 0.0128. The number of carbonyl (C=O) groups is 2. The molecule has 1 unspecified atom stereocenters. The minimum Gasteiger partial charge on any atom is -0.475 e. The third-order valence-electron chi connectivity index (χ3n) is 4.75. The first-order valence-corrected chi connectivity index (χ1v) is 10.8. The lowest BCUT2D eigenvalue weighted by molar-refractivity contribution is -0.192. The molecule has 1 aliphatic rings. The van der Waals surface area contributed by atoms with Crippen molar-refractivity contribution < 1.29 is 27.9 Å². The van der Waals surface area contributed by atoms with Gasteiger partial charge in [0, 0.05) is 43.1 Å². The Balaban J connectivity index is 0.000000383. The molecule has 0 aliphatic carbocycles. The Morgan fingerprint density at radius 3 is 2.55 bits per heavy atom. The van der Waals surface area contributed by atoms with E-state index in [1.165, 1.54) is 4.88 Å². The van der Waals surface area contributed by atoms with Crippen LogP contribution >= 0.6 is 11.3 Å². The van der Waals surface area contributed by atoms with Gasteiger partial charge in [0.15, 0.2) is 0 Å². The van der Waals surface area contributed by atoms with Crippen molar-refractivity contribution in [1.82, 2.24) is 24.8 Å². The van der Waals surface area contributed by atoms with Crippen LogP contribution in [0.25, 0.3) is 0 Å². The van der Waals surface area contributed by atoms with E-state index >= 15 is 0 Å². The molecule has 3 aromatic rings. The summed E-state index contributed by atoms with van der Waals surface area (Å²) in [6, 6.07) is 5.92. The van der Waals surface area contributed by atoms with E-state index in [-0.39, 0.29) is 11.9 Å². The Morgan fingerprint density at radius 1 is 1.24 bits per heavy atom. The zero-order valence-corrected chi connectivity index (χ0v) is 18.3. The molecule has 1 atom stereocenters. The summed E-state index contributed by atoms with van der Waals surface area (Å²) in [4.78, 5) is 37.9. The molecule has 33 heavy (non-hydrogen) atoms. The molecule has 0 fully saturated rings. The van der Waals surface area contributed by atoms with Crippen LogP contribution in [0.3, 0.4) is 0 Å². The van der Waals surface area contributed by atoms with E-state index in [0.29, 0.717) is 18.2 Å². The molecule has 2 N–H and O–H groups in total. The van der Waals surface area contributed by atoms with Crippen LogP contribution in [0.2, 0.25) is 0 Å². The summed E-state index contributed by atoms with van der Waals surface area (Å²) < 4.78 is 33.8. The van der Waals surface area contributed by atoms with Crippen LogP contribution in [0.1, 0.15) is 34.2 Å². The number of hydrogen-bond acceptors (Lipinski definition) is 7. The number of amides is 1. The molecule has 0 radical (unpaired) electrons. The molecule has 0 bridgehead atoms. The number of halogens is 3. The van der Waals surface area contributed by atoms with Crippen molar-refractivity contribution in [3.63, 3.8) is 0 Å². The third kappa shape index (κ3) is 6.28. The molecule has 9 nitrogen and oxygen atoms in total. The van der Waals surface area contributed by atoms with Gasteiger partial charge in [-0.15, -0.1) is 11.3 Å². The Bertz CT molecular complexity index is 1070. The molecular weight excluding hydrogens is 461 g/mol. The second kappa shape index (κ2) is 10.4. The first-order valence-electron chi connectivity index (χ1n) is 9.88. The number of carboxylic acids is 1. The maximum Gasteiger partial charge on any atom is 0.490 e. The van der Waals surface area contributed by atoms with Crippen molar-refractivity contribution in [2.24, 2.45) is 0 Å². The van der Waals surface area contributed by atoms with Gasteiger partial charge in [-0.3, -0.25) is 4.79 Å². The molecule has 13 heteroatoms. The number of thiophene rings is 1. The quantitative estimate of drug-likeness (QED) is 0.575. The van der Waals surface area contributed by atoms with Crippen molar-refractivity contribution >= 4 is 29.2 Å². The predicted molar refractivity (Wildman–Crippen MR) is 114 cm³/mol. The lowest BCUT2D eigenvalue weighted by Gasteiger charge is -2.33. The number of alkyl halides is 3. The fraction of sp³-hybridized carbons (Fsp3) is 0.350. The highest BCUT2D eigenvalue weighted by molar-refractivity contribution is 7.09. The molecule has 0 saturated carbocycles. The van der Waals surface area contributed by atoms with Gasteiger partial charge in [0.25, 0.3) is 5.91 Å². The first kappa shape index (κ1) is 24.2. The number of anilines is 1. The van der Waals surface area contributed by atoms with E-state index in [9.17, 15) is 18.0 Å². The fourth-order valence-electron chi connectivity index (χ4n) is 3.16. The van der Waals surface area contributed by atoms with Crippen molar-refractivity contribution in [3.8, 4) is 0 Å². The normalized spacial score (nSPS) is 15.3. The summed E-state index contributed by atoms with van der Waals surface area (Å²) in [7, 11) is 0. The number of rotatable bonds is 5. The van der Waals surface area contributed by atoms with Crippen LogP contribution in [0, 0.1) is 0 Å². The number of nitrogens with zero attached hydrogens (tertiary/aromatic N) is 5. The minimum atomic E-state index is -5.08. The van der Waals surface area contributed by atoms with Gasteiger partial charge >= 0.3 is 12.1 Å². The maximum atomic E-state index is 12.4. The SMILES string of the molecule is CC1c2nc(C(=O)NCCc3cccs3)cn2CCN1c1ncccn1.O=C(O)C(F)(F)F. The standard InChI is InChI=1S/C18H20N6OS.C2HF3O2/c1-13-16-22-15(17(25)19-8-5-14-4-2-11-26-14)12-23(16)9-10-24(13)18-20-6-3-7-21-18;3-2(4,5)1(6)7/h2-4,6-7,11-13H,5,8-10H2,1H3,(H,19,25);(H,6,7). The van der Waals surface area contributed by atoms with Crippen molar-refractivity contribution in [2.75, 3.05) is 18.0 Å². The van der Waals surface area contributed by atoms with Crippen molar-refractivity contribution in [3.05, 3.63) is 58.6 Å². The fourth-order valence-corrected chi connectivity index (χ4v) is 3.87. The molecule has 4 rings (SSSR count). The van der Waals surface area contributed by atoms with Gasteiger partial charge in [-0.2, -0.15) is 13.2 Å². The number of hydrogen-bond donors (Lipinski definition) is 2. The van der Waals surface area contributed by atoms with Gasteiger partial charge in [0.2, 0.25) is 5.95 Å². The Kier molecular flexibility index (Phi) is 7.63. The van der Waals surface area contributed by atoms with Crippen LogP contribution in [-0.4, -0.2) is 55.8 Å². The second-order valence-corrected chi connectivity index (χ2v) is 8.02. The summed E-state index contributed by atoms with van der Waals surface area (Å²) in [6.07, 6.45) is 1.08. The highest BCUT2D eigenvalue weighted by Gasteiger charge is 2.38. The zero-order valence-electron chi connectivity index (χ0n) is 17.5. The highest BCUT2D eigenvalue weighted by atomic mass is 32.1. The van der Waals surface area contributed by atoms with Gasteiger partial charge in [0.1, 0.15) is 11.5 Å². The smallest absolute Gasteiger partial charge is 0.475 e. The molecule has 0 aromatic carbocycles. The van der Waals surface area contributed by atoms with Gasteiger partial charge in [-0.25, -0.2) is 19.7 Å². The van der Waals surface area contributed by atoms with Gasteiger partial charge in [-0.05, 0) is 30.9 Å². The molecule has 0 saturated heterocycles. The van der Waals surface area contributed by atoms with Gasteiger partial charge < -0.3 is 19.9 Å². The molecule has 3 aromatic heterocycles. The Morgan fingerprint density at radius 2 is 1.94 bits per heavy atom. The second-order valence-electron chi connectivity index (χ2n) is 6.98. The van der Waals surface area contributed by atoms with Gasteiger partial charge in [-0.1, -0.05) is 6.07 Å². The number of aliphatic carboxylic acids is 1. The number of aromatic nitrogens is 4. The molecule has 0 spiro atoms. The molecular formula is C20H21F3N6O3S. The maximum absolute atomic E-state index is 12.4. The topological polar surface area (TPSA) is 113 Å². The summed E-state index contributed by atoms with van der Waals surface area (Å²) >= 11 is 1.70. The molecule has 4 heterocycles. The monoisotopic (exact) mass is 482 g/mol. The number of fused-ring (bicyclic) bond motifs is 1. The third-order valence-corrected chi connectivity index (χ3v) is 5.69. The summed E-state index contributed by atoms with van der Waals surface area (Å²) in [5, 5.41) is 12.1. The van der Waals surface area contributed by atoms with Crippen LogP contribution in [0.15, 0.2) is 42.2 Å². The van der Waals surface area contributed by atoms with Crippen LogP contribution < -0.4 is 10.2 Å². The molecule has 1 aliphatic heterocycles. The predicted octanol–water partition coefficient (Wildman–Crippen LogP) is 2.92. The summed E-state index contributed by atoms with van der Waals surface area (Å²) in [5.41, 5.74) is 0.467. The number of imidazole rings is 1. The first-order chi connectivity index (χ1) is 15.7. The molecule has 1 amide bonds. The summed E-state index contributed by atoms with van der Waals surface area (Å²) in [5.74, 6) is -1.33. The van der Waals surface area contributed by atoms with Gasteiger partial charge in [0.05, 0.1) is 6.04 Å². The van der Waals surface area contributed by atoms with E-state index in [2.05, 4.69) is 42.7 Å². The largest absolute Gasteiger partial charge is 0.490 e. The molecule has 176 valence electrons. The van der Waals surface area contributed by atoms with Crippen molar-refractivity contribution in [2.45, 2.75) is 32.1 Å². The number of carbonyl (C=O) groups excluding carboxylic acids is 1. The average Bonchev–Trinajstić information content (AvgIpc) is 3.45. The van der Waals surface area contributed by atoms with Crippen LogP contribution in [-0.2, 0) is 17.8 Å². The lowest BCUT2D eigenvalue weighted by Crippen LogP contribution is -2.37. The van der Waals surface area contributed by atoms with E-state index in [0.717, 1.165) is 25.3 Å². The zero-order chi connectivity index (χ0) is 24.0. The average molecular weight is 482 g/mol. The van der Waals surface area contributed by atoms with Crippen molar-refractivity contribution in [1.29, 1.82) is 0 Å². The van der Waals surface area contributed by atoms with Crippen LogP contribution in [0.4, 0.5) is 19.1 Å². The lowest BCUT2D eigenvalue weighted by atomic mass is 10.2. The van der Waals surface area contributed by atoms with E-state index in [4.69, 9.17) is 9.90 Å². The number of carboxylic acid groups (broad SMARTS) is 1.